The van der Waals surface area contributed by atoms with Gasteiger partial charge in [0.15, 0.2) is 0 Å². The fraction of sp³-hybridized carbons (Fsp3) is 0.414. The molecule has 1 aliphatic heterocycles. The summed E-state index contributed by atoms with van der Waals surface area (Å²) >= 11 is 3.53. The minimum atomic E-state index is -3.45. The fourth-order valence-corrected chi connectivity index (χ4v) is 6.52. The third-order valence-corrected chi connectivity index (χ3v) is 9.79. The van der Waals surface area contributed by atoms with Gasteiger partial charge in [0.1, 0.15) is 11.6 Å². The van der Waals surface area contributed by atoms with E-state index in [2.05, 4.69) is 53.8 Å². The number of sulfonamides is 1. The van der Waals surface area contributed by atoms with Crippen LogP contribution >= 0.6 is 15.9 Å². The first kappa shape index (κ1) is 30.2. The fourth-order valence-electron chi connectivity index (χ4n) is 5.54. The van der Waals surface area contributed by atoms with Crippen LogP contribution in [-0.4, -0.2) is 86.1 Å². The number of nitrogens with zero attached hydrogens (tertiary/aromatic N) is 4. The van der Waals surface area contributed by atoms with Crippen LogP contribution in [0.3, 0.4) is 0 Å². The van der Waals surface area contributed by atoms with Gasteiger partial charge in [-0.2, -0.15) is 9.29 Å². The molecule has 3 aromatic rings. The number of likely N-dealkylation sites (tertiary alicyclic amines) is 1. The van der Waals surface area contributed by atoms with Crippen LogP contribution < -0.4 is 20.7 Å². The van der Waals surface area contributed by atoms with Crippen molar-refractivity contribution < 1.29 is 17.9 Å². The van der Waals surface area contributed by atoms with E-state index in [0.717, 1.165) is 37.1 Å². The standard InChI is InChI=1S/C29H36BrN7O4S/c1-36-13-11-20(12-14-36)32-28(38)19-9-10-23(25(16-19)41-3)34-29-31-17-22(30)27(35-29)33-24-15-18-7-5-6-8-21(18)26(24)37(2)42(4,39)40/h5-10,16-17,20,24,26H,11-15H2,1-4H3,(H,32,38)(H2,31,33,34,35)/t24-,26-/m1/s1. The molecule has 2 aromatic carbocycles. The number of carbonyl (C=O) groups is 1. The van der Waals surface area contributed by atoms with Crippen LogP contribution in [0.5, 0.6) is 5.75 Å². The topological polar surface area (TPSA) is 129 Å². The number of fused-ring (bicyclic) bond motifs is 1. The molecule has 5 rings (SSSR count). The Morgan fingerprint density at radius 3 is 2.62 bits per heavy atom. The number of aromatic nitrogens is 2. The molecule has 1 saturated heterocycles. The number of ether oxygens (including phenoxy) is 1. The summed E-state index contributed by atoms with van der Waals surface area (Å²) in [7, 11) is 1.79. The Bertz CT molecular complexity index is 1560. The molecule has 2 atom stereocenters. The molecule has 42 heavy (non-hydrogen) atoms. The highest BCUT2D eigenvalue weighted by Crippen LogP contribution is 2.39. The maximum absolute atomic E-state index is 12.9. The lowest BCUT2D eigenvalue weighted by atomic mass is 10.0. The Labute approximate surface area is 255 Å². The summed E-state index contributed by atoms with van der Waals surface area (Å²) in [6.07, 6.45) is 5.33. The number of anilines is 3. The quantitative estimate of drug-likeness (QED) is 0.315. The van der Waals surface area contributed by atoms with Crippen molar-refractivity contribution in [2.45, 2.75) is 37.4 Å². The molecule has 0 saturated carbocycles. The van der Waals surface area contributed by atoms with Gasteiger partial charge in [-0.1, -0.05) is 24.3 Å². The molecule has 1 aromatic heterocycles. The zero-order chi connectivity index (χ0) is 30.0. The van der Waals surface area contributed by atoms with Gasteiger partial charge in [-0.25, -0.2) is 13.4 Å². The number of likely N-dealkylation sites (N-methyl/N-ethyl adjacent to an activating group) is 1. The molecule has 2 aliphatic rings. The number of nitrogens with one attached hydrogen (secondary N) is 3. The molecule has 3 N–H and O–H groups in total. The Balaban J connectivity index is 1.33. The van der Waals surface area contributed by atoms with Crippen molar-refractivity contribution in [2.24, 2.45) is 0 Å². The second kappa shape index (κ2) is 12.5. The highest BCUT2D eigenvalue weighted by Gasteiger charge is 2.38. The summed E-state index contributed by atoms with van der Waals surface area (Å²) in [5.41, 5.74) is 3.17. The van der Waals surface area contributed by atoms with E-state index in [4.69, 9.17) is 4.74 Å². The first-order valence-electron chi connectivity index (χ1n) is 13.8. The summed E-state index contributed by atoms with van der Waals surface area (Å²) < 4.78 is 32.6. The first-order valence-corrected chi connectivity index (χ1v) is 16.4. The largest absolute Gasteiger partial charge is 0.495 e. The van der Waals surface area contributed by atoms with Crippen molar-refractivity contribution in [3.8, 4) is 5.75 Å². The Kier molecular flexibility index (Phi) is 9.02. The minimum absolute atomic E-state index is 0.132. The van der Waals surface area contributed by atoms with Crippen molar-refractivity contribution in [1.29, 1.82) is 0 Å². The van der Waals surface area contributed by atoms with Crippen molar-refractivity contribution in [1.82, 2.24) is 24.5 Å². The van der Waals surface area contributed by atoms with Crippen molar-refractivity contribution >= 4 is 49.3 Å². The summed E-state index contributed by atoms with van der Waals surface area (Å²) in [6, 6.07) is 12.6. The van der Waals surface area contributed by atoms with Gasteiger partial charge in [0.2, 0.25) is 16.0 Å². The maximum atomic E-state index is 12.9. The molecule has 1 fully saturated rings. The zero-order valence-electron chi connectivity index (χ0n) is 24.1. The van der Waals surface area contributed by atoms with Crippen LogP contribution in [-0.2, 0) is 16.4 Å². The highest BCUT2D eigenvalue weighted by molar-refractivity contribution is 9.10. The van der Waals surface area contributed by atoms with E-state index >= 15 is 0 Å². The van der Waals surface area contributed by atoms with Crippen molar-refractivity contribution in [2.75, 3.05) is 51.2 Å². The third kappa shape index (κ3) is 6.69. The lowest BCUT2D eigenvalue weighted by molar-refractivity contribution is 0.0916. The average Bonchev–Trinajstić information content (AvgIpc) is 3.32. The van der Waals surface area contributed by atoms with Crippen LogP contribution in [0.4, 0.5) is 17.5 Å². The lowest BCUT2D eigenvalue weighted by Gasteiger charge is -2.29. The predicted molar refractivity (Wildman–Crippen MR) is 167 cm³/mol. The van der Waals surface area contributed by atoms with Gasteiger partial charge < -0.3 is 25.6 Å². The van der Waals surface area contributed by atoms with E-state index in [1.165, 1.54) is 10.6 Å². The van der Waals surface area contributed by atoms with Gasteiger partial charge >= 0.3 is 0 Å². The van der Waals surface area contributed by atoms with E-state index in [-0.39, 0.29) is 18.0 Å². The van der Waals surface area contributed by atoms with Crippen LogP contribution in [0.15, 0.2) is 53.1 Å². The van der Waals surface area contributed by atoms with Crippen molar-refractivity contribution in [3.63, 3.8) is 0 Å². The molecule has 11 nitrogen and oxygen atoms in total. The lowest BCUT2D eigenvalue weighted by Crippen LogP contribution is -2.43. The molecule has 0 radical (unpaired) electrons. The minimum Gasteiger partial charge on any atom is -0.495 e. The zero-order valence-corrected chi connectivity index (χ0v) is 26.5. The molecular weight excluding hydrogens is 622 g/mol. The predicted octanol–water partition coefficient (Wildman–Crippen LogP) is 3.78. The first-order chi connectivity index (χ1) is 20.0. The molecule has 0 spiro atoms. The number of methoxy groups -OCH3 is 1. The molecular formula is C29H36BrN7O4S. The molecule has 2 heterocycles. The molecule has 224 valence electrons. The maximum Gasteiger partial charge on any atom is 0.251 e. The van der Waals surface area contributed by atoms with Gasteiger partial charge in [0, 0.05) is 24.8 Å². The molecule has 1 aliphatic carbocycles. The van der Waals surface area contributed by atoms with Gasteiger partial charge in [-0.05, 0) is 84.7 Å². The number of amides is 1. The Hall–Kier alpha value is -3.26. The van der Waals surface area contributed by atoms with Gasteiger partial charge in [-0.15, -0.1) is 0 Å². The van der Waals surface area contributed by atoms with Crippen LogP contribution in [0.25, 0.3) is 0 Å². The third-order valence-electron chi connectivity index (χ3n) is 7.94. The monoisotopic (exact) mass is 657 g/mol. The number of carbonyl (C=O) groups excluding carboxylic acids is 1. The van der Waals surface area contributed by atoms with E-state index in [9.17, 15) is 13.2 Å². The number of piperidine rings is 1. The Morgan fingerprint density at radius 2 is 1.90 bits per heavy atom. The van der Waals surface area contributed by atoms with E-state index in [0.29, 0.717) is 39.7 Å². The number of benzene rings is 2. The van der Waals surface area contributed by atoms with E-state index in [1.807, 2.05) is 24.3 Å². The smallest absolute Gasteiger partial charge is 0.251 e. The second-order valence-corrected chi connectivity index (χ2v) is 13.8. The van der Waals surface area contributed by atoms with Crippen LogP contribution in [0.1, 0.15) is 40.4 Å². The van der Waals surface area contributed by atoms with Crippen molar-refractivity contribution in [3.05, 3.63) is 69.8 Å². The highest BCUT2D eigenvalue weighted by atomic mass is 79.9. The SMILES string of the molecule is COc1cc(C(=O)NC2CCN(C)CC2)ccc1Nc1ncc(Br)c(N[C@@H]2Cc3ccccc3[C@H]2N(C)S(C)(=O)=O)n1. The number of rotatable bonds is 9. The number of halogens is 1. The van der Waals surface area contributed by atoms with Crippen LogP contribution in [0.2, 0.25) is 0 Å². The number of hydrogen-bond donors (Lipinski definition) is 3. The van der Waals surface area contributed by atoms with Crippen LogP contribution in [0, 0.1) is 0 Å². The molecule has 13 heteroatoms. The normalized spacial score (nSPS) is 19.4. The van der Waals surface area contributed by atoms with Gasteiger partial charge in [-0.3, -0.25) is 4.79 Å². The average molecular weight is 659 g/mol. The summed E-state index contributed by atoms with van der Waals surface area (Å²) in [5.74, 6) is 1.18. The summed E-state index contributed by atoms with van der Waals surface area (Å²) in [4.78, 5) is 24.3. The molecule has 0 unspecified atom stereocenters. The molecule has 1 amide bonds. The molecule has 0 bridgehead atoms. The van der Waals surface area contributed by atoms with E-state index in [1.54, 1.807) is 38.6 Å². The summed E-state index contributed by atoms with van der Waals surface area (Å²) in [5, 5.41) is 9.77. The van der Waals surface area contributed by atoms with E-state index < -0.39 is 16.1 Å². The second-order valence-electron chi connectivity index (χ2n) is 10.9. The number of hydrogen-bond acceptors (Lipinski definition) is 9. The Morgan fingerprint density at radius 1 is 1.17 bits per heavy atom. The summed E-state index contributed by atoms with van der Waals surface area (Å²) in [6.45, 7) is 1.92. The van der Waals surface area contributed by atoms with Gasteiger partial charge in [0.05, 0.1) is 35.6 Å². The van der Waals surface area contributed by atoms with Gasteiger partial charge in [0.25, 0.3) is 5.91 Å².